The number of quaternary nitrogens is 1. The van der Waals surface area contributed by atoms with E-state index in [-0.39, 0.29) is 11.9 Å². The highest BCUT2D eigenvalue weighted by Gasteiger charge is 2.36. The summed E-state index contributed by atoms with van der Waals surface area (Å²) in [6.07, 6.45) is 0.940. The van der Waals surface area contributed by atoms with Crippen LogP contribution >= 0.6 is 11.8 Å². The van der Waals surface area contributed by atoms with Crippen LogP contribution in [0.5, 0.6) is 0 Å². The largest absolute Gasteiger partial charge is 0.500 e. The molecule has 0 aromatic carbocycles. The molecule has 23 heavy (non-hydrogen) atoms. The molecule has 0 aliphatic rings. The van der Waals surface area contributed by atoms with Crippen molar-refractivity contribution in [3.63, 3.8) is 0 Å². The Kier molecular flexibility index (Phi) is 11.4. The number of likely N-dealkylation sites (N-methyl/N-ethyl adjacent to an activating group) is 1. The van der Waals surface area contributed by atoms with E-state index in [1.165, 1.54) is 0 Å². The number of carbonyl (C=O) groups excluding carboxylic acids is 1. The molecule has 0 radical (unpaired) electrons. The van der Waals surface area contributed by atoms with E-state index in [9.17, 15) is 4.79 Å². The summed E-state index contributed by atoms with van der Waals surface area (Å²) >= 11 is 1.75. The molecule has 0 rings (SSSR count). The fraction of sp³-hybridized carbons (Fsp3) is 0.933. The van der Waals surface area contributed by atoms with Gasteiger partial charge in [-0.1, -0.05) is 6.92 Å². The monoisotopic (exact) mass is 368 g/mol. The fourth-order valence-corrected chi connectivity index (χ4v) is 4.82. The zero-order chi connectivity index (χ0) is 17.9. The molecule has 0 bridgehead atoms. The predicted molar refractivity (Wildman–Crippen MR) is 96.6 cm³/mol. The van der Waals surface area contributed by atoms with Gasteiger partial charge in [0.15, 0.2) is 0 Å². The highest BCUT2D eigenvalue weighted by Crippen LogP contribution is 2.18. The lowest BCUT2D eigenvalue weighted by atomic mass is 10.2. The van der Waals surface area contributed by atoms with Gasteiger partial charge >= 0.3 is 14.8 Å². The third-order valence-electron chi connectivity index (χ3n) is 3.48. The molecular formula is C15H34NO5SSi+. The highest BCUT2D eigenvalue weighted by atomic mass is 32.2. The second-order valence-electron chi connectivity index (χ2n) is 6.56. The van der Waals surface area contributed by atoms with Crippen LogP contribution in [0.15, 0.2) is 0 Å². The van der Waals surface area contributed by atoms with Crippen LogP contribution in [0.4, 0.5) is 0 Å². The summed E-state index contributed by atoms with van der Waals surface area (Å²) in [5.41, 5.74) is 0. The number of rotatable bonds is 13. The summed E-state index contributed by atoms with van der Waals surface area (Å²) < 4.78 is 22.3. The average Bonchev–Trinajstić information content (AvgIpc) is 2.50. The van der Waals surface area contributed by atoms with E-state index in [1.807, 2.05) is 6.92 Å². The maximum atomic E-state index is 11.9. The molecular weight excluding hydrogens is 334 g/mol. The Balaban J connectivity index is 3.85. The molecule has 0 aromatic heterocycles. The Labute approximate surface area is 146 Å². The Hall–Kier alpha value is -0.123. The van der Waals surface area contributed by atoms with E-state index < -0.39 is 8.80 Å². The number of hydrogen-bond acceptors (Lipinski definition) is 6. The third kappa shape index (κ3) is 10.4. The Bertz CT molecular complexity index is 326. The molecule has 0 fully saturated rings. The Morgan fingerprint density at radius 2 is 1.70 bits per heavy atom. The number of nitrogens with zero attached hydrogens (tertiary/aromatic N) is 1. The molecule has 0 aromatic rings. The summed E-state index contributed by atoms with van der Waals surface area (Å²) in [6.45, 7) is 3.21. The van der Waals surface area contributed by atoms with Crippen molar-refractivity contribution in [2.24, 2.45) is 5.92 Å². The molecule has 0 heterocycles. The van der Waals surface area contributed by atoms with Crippen molar-refractivity contribution in [1.29, 1.82) is 0 Å². The van der Waals surface area contributed by atoms with E-state index >= 15 is 0 Å². The van der Waals surface area contributed by atoms with Gasteiger partial charge in [0.25, 0.3) is 0 Å². The first kappa shape index (κ1) is 22.9. The van der Waals surface area contributed by atoms with Crippen molar-refractivity contribution < 1.29 is 27.3 Å². The van der Waals surface area contributed by atoms with Crippen LogP contribution in [0.25, 0.3) is 0 Å². The van der Waals surface area contributed by atoms with Gasteiger partial charge in [0.05, 0.1) is 27.1 Å². The van der Waals surface area contributed by atoms with Crippen molar-refractivity contribution in [1.82, 2.24) is 0 Å². The summed E-state index contributed by atoms with van der Waals surface area (Å²) in [5, 5.41) is 0. The smallest absolute Gasteiger partial charge is 0.459 e. The predicted octanol–water partition coefficient (Wildman–Crippen LogP) is 1.87. The fourth-order valence-electron chi connectivity index (χ4n) is 1.84. The van der Waals surface area contributed by atoms with E-state index in [4.69, 9.17) is 18.0 Å². The van der Waals surface area contributed by atoms with E-state index in [0.29, 0.717) is 6.61 Å². The Morgan fingerprint density at radius 3 is 2.17 bits per heavy atom. The molecule has 0 N–H and O–H groups in total. The number of thioether (sulfide) groups is 1. The minimum absolute atomic E-state index is 0.0817. The first-order valence-corrected chi connectivity index (χ1v) is 11.0. The molecule has 6 nitrogen and oxygen atoms in total. The van der Waals surface area contributed by atoms with E-state index in [1.54, 1.807) is 33.1 Å². The lowest BCUT2D eigenvalue weighted by Crippen LogP contribution is -2.42. The van der Waals surface area contributed by atoms with Crippen LogP contribution in [0.3, 0.4) is 0 Å². The van der Waals surface area contributed by atoms with Crippen molar-refractivity contribution in [3.05, 3.63) is 0 Å². The van der Waals surface area contributed by atoms with E-state index in [0.717, 1.165) is 35.0 Å². The van der Waals surface area contributed by atoms with Crippen LogP contribution in [-0.4, -0.2) is 86.4 Å². The van der Waals surface area contributed by atoms with Crippen molar-refractivity contribution in [2.75, 3.05) is 67.1 Å². The van der Waals surface area contributed by atoms with Gasteiger partial charge in [-0.2, -0.15) is 11.8 Å². The summed E-state index contributed by atoms with van der Waals surface area (Å²) in [6, 6.07) is 0.784. The number of esters is 1. The summed E-state index contributed by atoms with van der Waals surface area (Å²) in [5.74, 6) is 1.52. The van der Waals surface area contributed by atoms with Crippen molar-refractivity contribution in [2.45, 2.75) is 19.4 Å². The topological polar surface area (TPSA) is 54.0 Å². The SMILES string of the molecule is CO[Si](CCCSCC(C)C(=O)OCC[N+](C)(C)C)(OC)OC. The maximum Gasteiger partial charge on any atom is 0.500 e. The highest BCUT2D eigenvalue weighted by molar-refractivity contribution is 7.99. The molecule has 0 aliphatic heterocycles. The van der Waals surface area contributed by atoms with Gasteiger partial charge in [0, 0.05) is 33.1 Å². The molecule has 0 amide bonds. The first-order chi connectivity index (χ1) is 10.7. The van der Waals surface area contributed by atoms with Crippen molar-refractivity contribution >= 4 is 26.5 Å². The van der Waals surface area contributed by atoms with Crippen molar-refractivity contribution in [3.8, 4) is 0 Å². The minimum Gasteiger partial charge on any atom is -0.459 e. The minimum atomic E-state index is -2.46. The summed E-state index contributed by atoms with van der Waals surface area (Å²) in [7, 11) is 8.66. The molecule has 0 saturated heterocycles. The van der Waals surface area contributed by atoms with Crippen LogP contribution in [0, 0.1) is 5.92 Å². The second kappa shape index (κ2) is 11.4. The van der Waals surface area contributed by atoms with Gasteiger partial charge in [0.1, 0.15) is 13.2 Å². The van der Waals surface area contributed by atoms with Gasteiger partial charge < -0.3 is 22.5 Å². The maximum absolute atomic E-state index is 11.9. The van der Waals surface area contributed by atoms with Crippen LogP contribution in [0.1, 0.15) is 13.3 Å². The molecule has 0 saturated carbocycles. The third-order valence-corrected chi connectivity index (χ3v) is 7.63. The zero-order valence-corrected chi connectivity index (χ0v) is 17.5. The van der Waals surface area contributed by atoms with Gasteiger partial charge in [-0.25, -0.2) is 0 Å². The first-order valence-electron chi connectivity index (χ1n) is 7.90. The van der Waals surface area contributed by atoms with Crippen LogP contribution < -0.4 is 0 Å². The lowest BCUT2D eigenvalue weighted by molar-refractivity contribution is -0.870. The van der Waals surface area contributed by atoms with Gasteiger partial charge in [-0.15, -0.1) is 0 Å². The normalized spacial score (nSPS) is 13.9. The molecule has 1 unspecified atom stereocenters. The second-order valence-corrected chi connectivity index (χ2v) is 10.8. The molecule has 1 atom stereocenters. The average molecular weight is 369 g/mol. The number of hydrogen-bond donors (Lipinski definition) is 0. The van der Waals surface area contributed by atoms with Crippen LogP contribution in [-0.2, 0) is 22.8 Å². The molecule has 0 spiro atoms. The zero-order valence-electron chi connectivity index (χ0n) is 15.7. The summed E-state index contributed by atoms with van der Waals surface area (Å²) in [4.78, 5) is 11.9. The molecule has 0 aliphatic carbocycles. The number of ether oxygens (including phenoxy) is 1. The molecule has 138 valence electrons. The number of carbonyl (C=O) groups is 1. The van der Waals surface area contributed by atoms with Gasteiger partial charge in [-0.3, -0.25) is 4.79 Å². The van der Waals surface area contributed by atoms with E-state index in [2.05, 4.69) is 21.1 Å². The van der Waals surface area contributed by atoms with Crippen LogP contribution in [0.2, 0.25) is 6.04 Å². The van der Waals surface area contributed by atoms with Gasteiger partial charge in [0.2, 0.25) is 0 Å². The van der Waals surface area contributed by atoms with Gasteiger partial charge in [-0.05, 0) is 12.2 Å². The lowest BCUT2D eigenvalue weighted by Gasteiger charge is -2.24. The standard InChI is InChI=1S/C15H34NO5SSi/c1-14(15(17)21-10-9-16(2,3)4)13-22-11-8-12-23(18-5,19-6)20-7/h14H,8-13H2,1-7H3/q+1. The Morgan fingerprint density at radius 1 is 1.13 bits per heavy atom. The molecule has 8 heteroatoms. The quantitative estimate of drug-likeness (QED) is 0.214.